The van der Waals surface area contributed by atoms with Gasteiger partial charge < -0.3 is 20.5 Å². The Morgan fingerprint density at radius 1 is 1.44 bits per heavy atom. The van der Waals surface area contributed by atoms with E-state index in [0.717, 1.165) is 0 Å². The molecule has 9 heteroatoms. The number of ether oxygens (including phenoxy) is 1. The van der Waals surface area contributed by atoms with Gasteiger partial charge in [0.25, 0.3) is 0 Å². The summed E-state index contributed by atoms with van der Waals surface area (Å²) in [6.45, 7) is 0.324. The zero-order valence-corrected chi connectivity index (χ0v) is 9.76. The fourth-order valence-corrected chi connectivity index (χ4v) is 1.42. The number of hydrogen-bond acceptors (Lipinski definition) is 7. The van der Waals surface area contributed by atoms with E-state index in [1.807, 2.05) is 0 Å². The van der Waals surface area contributed by atoms with Gasteiger partial charge in [0, 0.05) is 13.5 Å². The van der Waals surface area contributed by atoms with Gasteiger partial charge in [-0.15, -0.1) is 0 Å². The van der Waals surface area contributed by atoms with Crippen LogP contribution in [0.1, 0.15) is 6.92 Å². The highest BCUT2D eigenvalue weighted by Crippen LogP contribution is 2.42. The number of phosphoric ester groups is 1. The smallest absolute Gasteiger partial charge is 0.463 e. The van der Waals surface area contributed by atoms with E-state index >= 15 is 0 Å². The molecule has 16 heavy (non-hydrogen) atoms. The van der Waals surface area contributed by atoms with Gasteiger partial charge in [0.05, 0.1) is 13.2 Å². The van der Waals surface area contributed by atoms with Gasteiger partial charge in [0.15, 0.2) is 0 Å². The van der Waals surface area contributed by atoms with Gasteiger partial charge in [0.2, 0.25) is 0 Å². The molecule has 0 fully saturated rings. The molecule has 0 aromatic heterocycles. The maximum atomic E-state index is 11.1. The molecule has 0 aliphatic rings. The molecule has 0 saturated heterocycles. The van der Waals surface area contributed by atoms with E-state index in [0.29, 0.717) is 0 Å². The minimum atomic E-state index is -4.19. The quantitative estimate of drug-likeness (QED) is 0.373. The Balaban J connectivity index is 3.76. The molecule has 96 valence electrons. The number of esters is 1. The molecule has 0 rings (SSSR count). The molecule has 0 aliphatic carbocycles. The van der Waals surface area contributed by atoms with Crippen LogP contribution >= 0.6 is 7.82 Å². The summed E-state index contributed by atoms with van der Waals surface area (Å²) in [5.41, 5.74) is 5.05. The number of aliphatic hydroxyl groups excluding tert-OH is 1. The number of carbonyl (C=O) groups excluding carboxylic acids is 1. The highest BCUT2D eigenvalue weighted by atomic mass is 31.2. The molecule has 0 saturated carbocycles. The molecule has 0 bridgehead atoms. The van der Waals surface area contributed by atoms with Crippen LogP contribution in [0.2, 0.25) is 0 Å². The second kappa shape index (κ2) is 7.72. The van der Waals surface area contributed by atoms with E-state index in [4.69, 9.17) is 10.6 Å². The van der Waals surface area contributed by atoms with Crippen LogP contribution in [0, 0.1) is 0 Å². The Hall–Kier alpha value is -0.500. The Bertz CT molecular complexity index is 259. The minimum absolute atomic E-state index is 0.0733. The Labute approximate surface area is 92.9 Å². The van der Waals surface area contributed by atoms with Crippen molar-refractivity contribution in [3.63, 3.8) is 0 Å². The van der Waals surface area contributed by atoms with Crippen LogP contribution in [0.15, 0.2) is 0 Å². The average Bonchev–Trinajstić information content (AvgIpc) is 2.21. The molecular formula is C7H16NO7P. The molecule has 0 heterocycles. The number of phosphoric acid groups is 1. The van der Waals surface area contributed by atoms with Crippen molar-refractivity contribution in [2.75, 3.05) is 26.4 Å². The predicted octanol–water partition coefficient (Wildman–Crippen LogP) is -0.997. The lowest BCUT2D eigenvalue weighted by atomic mass is 10.4. The summed E-state index contributed by atoms with van der Waals surface area (Å²) >= 11 is 0. The monoisotopic (exact) mass is 257 g/mol. The third-order valence-electron chi connectivity index (χ3n) is 1.28. The van der Waals surface area contributed by atoms with Crippen LogP contribution in [0.4, 0.5) is 0 Å². The van der Waals surface area contributed by atoms with Crippen molar-refractivity contribution >= 4 is 13.8 Å². The summed E-state index contributed by atoms with van der Waals surface area (Å²) in [7, 11) is -4.19. The number of rotatable bonds is 8. The van der Waals surface area contributed by atoms with Crippen molar-refractivity contribution in [2.24, 2.45) is 5.73 Å². The normalized spacial score (nSPS) is 16.5. The van der Waals surface area contributed by atoms with Crippen molar-refractivity contribution in [1.29, 1.82) is 0 Å². The first kappa shape index (κ1) is 15.5. The van der Waals surface area contributed by atoms with Gasteiger partial charge in [-0.25, -0.2) is 4.57 Å². The molecular weight excluding hydrogens is 241 g/mol. The van der Waals surface area contributed by atoms with Crippen LogP contribution in [-0.4, -0.2) is 48.4 Å². The Kier molecular flexibility index (Phi) is 7.48. The van der Waals surface area contributed by atoms with Gasteiger partial charge in [-0.2, -0.15) is 0 Å². The SMILES string of the molecule is CC(=O)OCC(O)COP(=O)(O)OCCN. The maximum Gasteiger partial charge on any atom is 0.472 e. The molecule has 0 aliphatic heterocycles. The van der Waals surface area contributed by atoms with Crippen LogP contribution in [0.25, 0.3) is 0 Å². The summed E-state index contributed by atoms with van der Waals surface area (Å²) in [5.74, 6) is -0.564. The number of hydrogen-bond donors (Lipinski definition) is 3. The summed E-state index contributed by atoms with van der Waals surface area (Å²) in [5, 5.41) is 9.17. The molecule has 0 aromatic rings. The topological polar surface area (TPSA) is 128 Å². The zero-order chi connectivity index (χ0) is 12.6. The van der Waals surface area contributed by atoms with E-state index < -0.39 is 26.5 Å². The van der Waals surface area contributed by atoms with Crippen LogP contribution in [0.3, 0.4) is 0 Å². The second-order valence-electron chi connectivity index (χ2n) is 2.84. The first-order valence-electron chi connectivity index (χ1n) is 4.50. The molecule has 2 atom stereocenters. The Morgan fingerprint density at radius 2 is 2.06 bits per heavy atom. The van der Waals surface area contributed by atoms with Crippen LogP contribution < -0.4 is 5.73 Å². The second-order valence-corrected chi connectivity index (χ2v) is 4.30. The molecule has 0 radical (unpaired) electrons. The minimum Gasteiger partial charge on any atom is -0.463 e. The van der Waals surface area contributed by atoms with Gasteiger partial charge in [-0.3, -0.25) is 13.8 Å². The lowest BCUT2D eigenvalue weighted by Gasteiger charge is -2.14. The van der Waals surface area contributed by atoms with Crippen molar-refractivity contribution in [1.82, 2.24) is 0 Å². The van der Waals surface area contributed by atoms with Crippen molar-refractivity contribution < 1.29 is 33.1 Å². The van der Waals surface area contributed by atoms with E-state index in [-0.39, 0.29) is 19.8 Å². The van der Waals surface area contributed by atoms with Crippen LogP contribution in [-0.2, 0) is 23.1 Å². The number of nitrogens with two attached hydrogens (primary N) is 1. The highest BCUT2D eigenvalue weighted by Gasteiger charge is 2.22. The number of aliphatic hydroxyl groups is 1. The number of carbonyl (C=O) groups is 1. The highest BCUT2D eigenvalue weighted by molar-refractivity contribution is 7.47. The van der Waals surface area contributed by atoms with Crippen molar-refractivity contribution in [2.45, 2.75) is 13.0 Å². The third-order valence-corrected chi connectivity index (χ3v) is 2.27. The lowest BCUT2D eigenvalue weighted by molar-refractivity contribution is -0.144. The first-order valence-corrected chi connectivity index (χ1v) is 6.00. The van der Waals surface area contributed by atoms with Crippen LogP contribution in [0.5, 0.6) is 0 Å². The van der Waals surface area contributed by atoms with E-state index in [1.54, 1.807) is 0 Å². The molecule has 8 nitrogen and oxygen atoms in total. The van der Waals surface area contributed by atoms with E-state index in [9.17, 15) is 14.5 Å². The van der Waals surface area contributed by atoms with E-state index in [2.05, 4.69) is 13.8 Å². The van der Waals surface area contributed by atoms with Crippen molar-refractivity contribution in [3.8, 4) is 0 Å². The summed E-state index contributed by atoms with van der Waals surface area (Å²) < 4.78 is 24.3. The first-order chi connectivity index (χ1) is 7.37. The molecule has 0 aromatic carbocycles. The van der Waals surface area contributed by atoms with Gasteiger partial charge in [-0.1, -0.05) is 0 Å². The predicted molar refractivity (Wildman–Crippen MR) is 53.4 cm³/mol. The average molecular weight is 257 g/mol. The zero-order valence-electron chi connectivity index (χ0n) is 8.87. The van der Waals surface area contributed by atoms with Gasteiger partial charge in [-0.05, 0) is 0 Å². The maximum absolute atomic E-state index is 11.1. The third kappa shape index (κ3) is 8.78. The summed E-state index contributed by atoms with van der Waals surface area (Å²) in [6.07, 6.45) is -1.19. The standard InChI is InChI=1S/C7H16NO7P/c1-6(9)13-4-7(10)5-15-16(11,12)14-3-2-8/h7,10H,2-5,8H2,1H3,(H,11,12). The molecule has 2 unspecified atom stereocenters. The van der Waals surface area contributed by atoms with Gasteiger partial charge in [0.1, 0.15) is 12.7 Å². The molecule has 4 N–H and O–H groups in total. The fraction of sp³-hybridized carbons (Fsp3) is 0.857. The largest absolute Gasteiger partial charge is 0.472 e. The summed E-state index contributed by atoms with van der Waals surface area (Å²) in [6, 6.07) is 0. The summed E-state index contributed by atoms with van der Waals surface area (Å²) in [4.78, 5) is 19.4. The van der Waals surface area contributed by atoms with Gasteiger partial charge >= 0.3 is 13.8 Å². The lowest BCUT2D eigenvalue weighted by Crippen LogP contribution is -2.22. The van der Waals surface area contributed by atoms with Crippen molar-refractivity contribution in [3.05, 3.63) is 0 Å². The molecule has 0 amide bonds. The van der Waals surface area contributed by atoms with E-state index in [1.165, 1.54) is 6.92 Å². The fourth-order valence-electron chi connectivity index (χ4n) is 0.647. The molecule has 0 spiro atoms. The Morgan fingerprint density at radius 3 is 2.56 bits per heavy atom.